The van der Waals surface area contributed by atoms with E-state index >= 15 is 0 Å². The quantitative estimate of drug-likeness (QED) is 0.757. The van der Waals surface area contributed by atoms with E-state index in [1.54, 1.807) is 25.1 Å². The van der Waals surface area contributed by atoms with Gasteiger partial charge in [-0.3, -0.25) is 9.59 Å². The minimum absolute atomic E-state index is 0.141. The zero-order valence-corrected chi connectivity index (χ0v) is 14.8. The molecule has 0 aliphatic rings. The van der Waals surface area contributed by atoms with Gasteiger partial charge in [-0.15, -0.1) is 5.10 Å². The molecular formula is C19H19N5O2. The summed E-state index contributed by atoms with van der Waals surface area (Å²) in [4.78, 5) is 25.2. The van der Waals surface area contributed by atoms with Gasteiger partial charge in [0.15, 0.2) is 5.69 Å². The van der Waals surface area contributed by atoms with Crippen LogP contribution in [0.5, 0.6) is 0 Å². The summed E-state index contributed by atoms with van der Waals surface area (Å²) in [5.41, 5.74) is 3.76. The van der Waals surface area contributed by atoms with Crippen LogP contribution < -0.4 is 10.6 Å². The maximum absolute atomic E-state index is 12.6. The van der Waals surface area contributed by atoms with Gasteiger partial charge in [-0.1, -0.05) is 18.2 Å². The zero-order chi connectivity index (χ0) is 18.7. The summed E-state index contributed by atoms with van der Waals surface area (Å²) >= 11 is 0. The Labute approximate surface area is 151 Å². The molecule has 0 aliphatic heterocycles. The Balaban J connectivity index is 1.79. The summed E-state index contributed by atoms with van der Waals surface area (Å²) in [6, 6.07) is 14.7. The third kappa shape index (κ3) is 3.77. The summed E-state index contributed by atoms with van der Waals surface area (Å²) in [7, 11) is 0. The number of nitrogens with one attached hydrogen (secondary N) is 2. The Hall–Kier alpha value is -3.48. The summed E-state index contributed by atoms with van der Waals surface area (Å²) in [5, 5.41) is 14.2. The molecule has 7 nitrogen and oxygen atoms in total. The molecular weight excluding hydrogens is 330 g/mol. The van der Waals surface area contributed by atoms with Crippen molar-refractivity contribution in [3.8, 4) is 5.69 Å². The van der Waals surface area contributed by atoms with Gasteiger partial charge in [-0.05, 0) is 49.7 Å². The number of rotatable bonds is 4. The van der Waals surface area contributed by atoms with Crippen LogP contribution in [0, 0.1) is 13.8 Å². The molecule has 1 aromatic heterocycles. The summed E-state index contributed by atoms with van der Waals surface area (Å²) < 4.78 is 0. The van der Waals surface area contributed by atoms with Gasteiger partial charge in [-0.25, -0.2) is 0 Å². The fourth-order valence-corrected chi connectivity index (χ4v) is 2.53. The predicted molar refractivity (Wildman–Crippen MR) is 99.5 cm³/mol. The van der Waals surface area contributed by atoms with E-state index in [0.29, 0.717) is 17.1 Å². The monoisotopic (exact) mass is 349 g/mol. The molecule has 132 valence electrons. The first kappa shape index (κ1) is 17.3. The second-order valence-corrected chi connectivity index (χ2v) is 5.92. The summed E-state index contributed by atoms with van der Waals surface area (Å²) in [5.74, 6) is -0.477. The lowest BCUT2D eigenvalue weighted by Crippen LogP contribution is -2.14. The number of nitrogens with zero attached hydrogens (tertiary/aromatic N) is 3. The van der Waals surface area contributed by atoms with Crippen LogP contribution in [0.2, 0.25) is 0 Å². The van der Waals surface area contributed by atoms with Crippen molar-refractivity contribution in [2.45, 2.75) is 20.8 Å². The van der Waals surface area contributed by atoms with Gasteiger partial charge < -0.3 is 10.6 Å². The first-order valence-electron chi connectivity index (χ1n) is 8.13. The fraction of sp³-hybridized carbons (Fsp3) is 0.158. The van der Waals surface area contributed by atoms with Gasteiger partial charge in [0.2, 0.25) is 5.91 Å². The number of anilines is 2. The molecule has 0 atom stereocenters. The SMILES string of the molecule is CC(=O)Nc1ccc(NC(=O)c2nn(-c3ccccc3)nc2C)cc1C. The lowest BCUT2D eigenvalue weighted by Gasteiger charge is -2.09. The number of para-hydroxylation sites is 1. The van der Waals surface area contributed by atoms with Crippen LogP contribution in [-0.2, 0) is 4.79 Å². The van der Waals surface area contributed by atoms with Crippen molar-refractivity contribution in [1.29, 1.82) is 0 Å². The Kier molecular flexibility index (Phi) is 4.79. The number of aromatic nitrogens is 3. The van der Waals surface area contributed by atoms with E-state index in [1.165, 1.54) is 11.7 Å². The molecule has 2 N–H and O–H groups in total. The van der Waals surface area contributed by atoms with Crippen LogP contribution in [0.15, 0.2) is 48.5 Å². The molecule has 1 heterocycles. The Morgan fingerprint density at radius 2 is 1.69 bits per heavy atom. The number of hydrogen-bond donors (Lipinski definition) is 2. The van der Waals surface area contributed by atoms with E-state index in [1.807, 2.05) is 37.3 Å². The van der Waals surface area contributed by atoms with Crippen molar-refractivity contribution in [3.05, 3.63) is 65.5 Å². The van der Waals surface area contributed by atoms with Crippen molar-refractivity contribution in [1.82, 2.24) is 15.0 Å². The topological polar surface area (TPSA) is 88.9 Å². The van der Waals surface area contributed by atoms with Crippen molar-refractivity contribution in [2.24, 2.45) is 0 Å². The second kappa shape index (κ2) is 7.18. The van der Waals surface area contributed by atoms with E-state index in [2.05, 4.69) is 20.8 Å². The maximum atomic E-state index is 12.6. The van der Waals surface area contributed by atoms with Crippen molar-refractivity contribution < 1.29 is 9.59 Å². The smallest absolute Gasteiger partial charge is 0.278 e. The molecule has 3 aromatic rings. The molecule has 0 unspecified atom stereocenters. The van der Waals surface area contributed by atoms with Crippen LogP contribution >= 0.6 is 0 Å². The molecule has 0 spiro atoms. The summed E-state index contributed by atoms with van der Waals surface area (Å²) in [6.45, 7) is 5.05. The lowest BCUT2D eigenvalue weighted by atomic mass is 10.1. The number of amides is 2. The first-order valence-corrected chi connectivity index (χ1v) is 8.13. The minimum atomic E-state index is -0.337. The van der Waals surface area contributed by atoms with Gasteiger partial charge >= 0.3 is 0 Å². The Morgan fingerprint density at radius 1 is 0.962 bits per heavy atom. The molecule has 0 radical (unpaired) electrons. The van der Waals surface area contributed by atoms with E-state index in [9.17, 15) is 9.59 Å². The molecule has 3 rings (SSSR count). The van der Waals surface area contributed by atoms with E-state index in [-0.39, 0.29) is 17.5 Å². The van der Waals surface area contributed by atoms with Crippen LogP contribution in [0.1, 0.15) is 28.7 Å². The third-order valence-corrected chi connectivity index (χ3v) is 3.78. The normalized spacial score (nSPS) is 10.4. The molecule has 26 heavy (non-hydrogen) atoms. The fourth-order valence-electron chi connectivity index (χ4n) is 2.53. The van der Waals surface area contributed by atoms with Crippen LogP contribution in [0.25, 0.3) is 5.69 Å². The van der Waals surface area contributed by atoms with Crippen LogP contribution in [-0.4, -0.2) is 26.8 Å². The first-order chi connectivity index (χ1) is 12.4. The predicted octanol–water partition coefficient (Wildman–Crippen LogP) is 3.09. The highest BCUT2D eigenvalue weighted by molar-refractivity contribution is 6.03. The molecule has 2 aromatic carbocycles. The van der Waals surface area contributed by atoms with Gasteiger partial charge in [0.05, 0.1) is 11.4 Å². The molecule has 7 heteroatoms. The molecule has 2 amide bonds. The highest BCUT2D eigenvalue weighted by Crippen LogP contribution is 2.20. The standard InChI is InChI=1S/C19H19N5O2/c1-12-11-15(9-10-17(12)20-14(3)25)21-19(26)18-13(2)22-24(23-18)16-7-5-4-6-8-16/h4-11H,1-3H3,(H,20,25)(H,21,26). The number of hydrogen-bond acceptors (Lipinski definition) is 4. The Morgan fingerprint density at radius 3 is 2.35 bits per heavy atom. The number of carbonyl (C=O) groups excluding carboxylic acids is 2. The molecule has 0 saturated carbocycles. The summed E-state index contributed by atoms with van der Waals surface area (Å²) in [6.07, 6.45) is 0. The molecule has 0 saturated heterocycles. The van der Waals surface area contributed by atoms with E-state index < -0.39 is 0 Å². The minimum Gasteiger partial charge on any atom is -0.326 e. The number of aryl methyl sites for hydroxylation is 2. The van der Waals surface area contributed by atoms with Gasteiger partial charge in [0, 0.05) is 18.3 Å². The molecule has 0 fully saturated rings. The number of carbonyl (C=O) groups is 2. The average Bonchev–Trinajstić information content (AvgIpc) is 3.00. The van der Waals surface area contributed by atoms with Gasteiger partial charge in [0.1, 0.15) is 0 Å². The van der Waals surface area contributed by atoms with Crippen molar-refractivity contribution >= 4 is 23.2 Å². The van der Waals surface area contributed by atoms with Crippen LogP contribution in [0.3, 0.4) is 0 Å². The van der Waals surface area contributed by atoms with E-state index in [0.717, 1.165) is 11.3 Å². The largest absolute Gasteiger partial charge is 0.326 e. The van der Waals surface area contributed by atoms with Crippen LogP contribution in [0.4, 0.5) is 11.4 Å². The van der Waals surface area contributed by atoms with Crippen molar-refractivity contribution in [2.75, 3.05) is 10.6 Å². The second-order valence-electron chi connectivity index (χ2n) is 5.92. The molecule has 0 aliphatic carbocycles. The highest BCUT2D eigenvalue weighted by atomic mass is 16.2. The molecule has 0 bridgehead atoms. The van der Waals surface area contributed by atoms with Gasteiger partial charge in [0.25, 0.3) is 5.91 Å². The number of benzene rings is 2. The average molecular weight is 349 g/mol. The Bertz CT molecular complexity index is 963. The lowest BCUT2D eigenvalue weighted by molar-refractivity contribution is -0.114. The van der Waals surface area contributed by atoms with Crippen molar-refractivity contribution in [3.63, 3.8) is 0 Å². The zero-order valence-electron chi connectivity index (χ0n) is 14.8. The van der Waals surface area contributed by atoms with E-state index in [4.69, 9.17) is 0 Å². The van der Waals surface area contributed by atoms with Gasteiger partial charge in [-0.2, -0.15) is 9.90 Å². The third-order valence-electron chi connectivity index (χ3n) is 3.78. The maximum Gasteiger partial charge on any atom is 0.278 e. The highest BCUT2D eigenvalue weighted by Gasteiger charge is 2.17.